The van der Waals surface area contributed by atoms with E-state index in [9.17, 15) is 4.79 Å². The second-order valence-electron chi connectivity index (χ2n) is 7.06. The normalized spacial score (nSPS) is 18.2. The van der Waals surface area contributed by atoms with E-state index in [0.717, 1.165) is 44.5 Å². The third-order valence-electron chi connectivity index (χ3n) is 5.01. The van der Waals surface area contributed by atoms with Crippen molar-refractivity contribution < 1.29 is 4.79 Å². The van der Waals surface area contributed by atoms with Gasteiger partial charge in [0.2, 0.25) is 0 Å². The number of nitrogens with zero attached hydrogens (tertiary/aromatic N) is 1. The number of hydrogen-bond acceptors (Lipinski definition) is 3. The standard InChI is InChI=1S/C22H28N2O/c23-12-11-19-8-4-9-20(14-19)16-24-13-5-10-21(17-24)22(25)15-18-6-2-1-3-7-18/h1-4,6-9,14,21H,5,10-13,15-17,23H2. The lowest BCUT2D eigenvalue weighted by Crippen LogP contribution is -2.38. The number of likely N-dealkylation sites (tertiary alicyclic amines) is 1. The average molecular weight is 336 g/mol. The van der Waals surface area contributed by atoms with Gasteiger partial charge in [0.05, 0.1) is 0 Å². The molecule has 0 bridgehead atoms. The highest BCUT2D eigenvalue weighted by molar-refractivity contribution is 5.83. The molecule has 0 saturated carbocycles. The van der Waals surface area contributed by atoms with Crippen molar-refractivity contribution in [2.24, 2.45) is 11.7 Å². The lowest BCUT2D eigenvalue weighted by Gasteiger charge is -2.32. The van der Waals surface area contributed by atoms with Gasteiger partial charge in [-0.05, 0) is 49.0 Å². The molecule has 3 heteroatoms. The molecule has 2 aromatic carbocycles. The van der Waals surface area contributed by atoms with E-state index in [4.69, 9.17) is 5.73 Å². The zero-order chi connectivity index (χ0) is 17.5. The molecular formula is C22H28N2O. The molecule has 1 saturated heterocycles. The van der Waals surface area contributed by atoms with Gasteiger partial charge in [-0.3, -0.25) is 9.69 Å². The highest BCUT2D eigenvalue weighted by atomic mass is 16.1. The molecule has 132 valence electrons. The number of carbonyl (C=O) groups excluding carboxylic acids is 1. The van der Waals surface area contributed by atoms with Crippen LogP contribution in [0.1, 0.15) is 29.5 Å². The van der Waals surface area contributed by atoms with E-state index in [1.165, 1.54) is 11.1 Å². The summed E-state index contributed by atoms with van der Waals surface area (Å²) in [6.07, 6.45) is 3.61. The summed E-state index contributed by atoms with van der Waals surface area (Å²) in [5.74, 6) is 0.550. The first kappa shape index (κ1) is 17.8. The topological polar surface area (TPSA) is 46.3 Å². The van der Waals surface area contributed by atoms with Crippen molar-refractivity contribution >= 4 is 5.78 Å². The van der Waals surface area contributed by atoms with Crippen LogP contribution >= 0.6 is 0 Å². The van der Waals surface area contributed by atoms with Gasteiger partial charge in [-0.15, -0.1) is 0 Å². The number of piperidine rings is 1. The number of hydrogen-bond donors (Lipinski definition) is 1. The zero-order valence-corrected chi connectivity index (χ0v) is 14.9. The number of benzene rings is 2. The fourth-order valence-electron chi connectivity index (χ4n) is 3.71. The minimum Gasteiger partial charge on any atom is -0.330 e. The number of Topliss-reactive ketones (excluding diaryl/α,β-unsaturated/α-hetero) is 1. The van der Waals surface area contributed by atoms with E-state index >= 15 is 0 Å². The molecule has 25 heavy (non-hydrogen) atoms. The van der Waals surface area contributed by atoms with Crippen LogP contribution in [-0.4, -0.2) is 30.3 Å². The Bertz CT molecular complexity index is 683. The van der Waals surface area contributed by atoms with Crippen molar-refractivity contribution in [1.82, 2.24) is 4.90 Å². The fourth-order valence-corrected chi connectivity index (χ4v) is 3.71. The molecular weight excluding hydrogens is 308 g/mol. The fraction of sp³-hybridized carbons (Fsp3) is 0.409. The first-order chi connectivity index (χ1) is 12.2. The highest BCUT2D eigenvalue weighted by Crippen LogP contribution is 2.21. The Balaban J connectivity index is 1.57. The number of rotatable bonds is 7. The Morgan fingerprint density at radius 3 is 2.60 bits per heavy atom. The summed E-state index contributed by atoms with van der Waals surface area (Å²) in [5.41, 5.74) is 9.41. The van der Waals surface area contributed by atoms with Gasteiger partial charge in [-0.1, -0.05) is 54.6 Å². The number of ketones is 1. The summed E-state index contributed by atoms with van der Waals surface area (Å²) in [4.78, 5) is 15.1. The van der Waals surface area contributed by atoms with Gasteiger partial charge in [0, 0.05) is 25.4 Å². The summed E-state index contributed by atoms with van der Waals surface area (Å²) < 4.78 is 0. The first-order valence-electron chi connectivity index (χ1n) is 9.31. The molecule has 1 unspecified atom stereocenters. The van der Waals surface area contributed by atoms with Crippen molar-refractivity contribution in [2.75, 3.05) is 19.6 Å². The van der Waals surface area contributed by atoms with E-state index in [2.05, 4.69) is 29.2 Å². The summed E-state index contributed by atoms with van der Waals surface area (Å²) in [5, 5.41) is 0. The molecule has 2 N–H and O–H groups in total. The maximum absolute atomic E-state index is 12.7. The molecule has 0 spiro atoms. The van der Waals surface area contributed by atoms with Crippen LogP contribution in [0, 0.1) is 5.92 Å². The molecule has 1 aliphatic rings. The van der Waals surface area contributed by atoms with Crippen LogP contribution in [0.15, 0.2) is 54.6 Å². The second-order valence-corrected chi connectivity index (χ2v) is 7.06. The Kier molecular flexibility index (Phi) is 6.37. The van der Waals surface area contributed by atoms with Crippen molar-refractivity contribution in [3.05, 3.63) is 71.3 Å². The number of carbonyl (C=O) groups is 1. The summed E-state index contributed by atoms with van der Waals surface area (Å²) >= 11 is 0. The lowest BCUT2D eigenvalue weighted by atomic mass is 9.90. The second kappa shape index (κ2) is 8.93. The molecule has 1 heterocycles. The van der Waals surface area contributed by atoms with Crippen molar-refractivity contribution in [3.8, 4) is 0 Å². The summed E-state index contributed by atoms with van der Waals surface area (Å²) in [6.45, 7) is 3.57. The van der Waals surface area contributed by atoms with Crippen molar-refractivity contribution in [2.45, 2.75) is 32.2 Å². The van der Waals surface area contributed by atoms with Gasteiger partial charge in [-0.25, -0.2) is 0 Å². The molecule has 0 radical (unpaired) electrons. The van der Waals surface area contributed by atoms with Gasteiger partial charge >= 0.3 is 0 Å². The molecule has 1 aliphatic heterocycles. The molecule has 3 rings (SSSR count). The summed E-state index contributed by atoms with van der Waals surface area (Å²) in [6, 6.07) is 18.8. The lowest BCUT2D eigenvalue weighted by molar-refractivity contribution is -0.123. The van der Waals surface area contributed by atoms with Crippen molar-refractivity contribution in [1.29, 1.82) is 0 Å². The molecule has 0 aliphatic carbocycles. The Morgan fingerprint density at radius 1 is 1.04 bits per heavy atom. The zero-order valence-electron chi connectivity index (χ0n) is 14.9. The van der Waals surface area contributed by atoms with Crippen LogP contribution in [0.3, 0.4) is 0 Å². The van der Waals surface area contributed by atoms with Crippen LogP contribution in [0.2, 0.25) is 0 Å². The van der Waals surface area contributed by atoms with Gasteiger partial charge in [0.25, 0.3) is 0 Å². The SMILES string of the molecule is NCCc1cccc(CN2CCCC(C(=O)Cc3ccccc3)C2)c1. The average Bonchev–Trinajstić information content (AvgIpc) is 2.63. The Hall–Kier alpha value is -1.97. The van der Waals surface area contributed by atoms with E-state index < -0.39 is 0 Å². The Labute approximate surface area is 150 Å². The smallest absolute Gasteiger partial charge is 0.141 e. The maximum atomic E-state index is 12.7. The van der Waals surface area contributed by atoms with Gasteiger partial charge < -0.3 is 5.73 Å². The minimum atomic E-state index is 0.168. The molecule has 0 aromatic heterocycles. The van der Waals surface area contributed by atoms with Crippen LogP contribution in [-0.2, 0) is 24.2 Å². The van der Waals surface area contributed by atoms with Crippen LogP contribution in [0.5, 0.6) is 0 Å². The third-order valence-corrected chi connectivity index (χ3v) is 5.01. The Morgan fingerprint density at radius 2 is 1.80 bits per heavy atom. The van der Waals surface area contributed by atoms with Gasteiger partial charge in [0.15, 0.2) is 0 Å². The molecule has 1 atom stereocenters. The quantitative estimate of drug-likeness (QED) is 0.844. The van der Waals surface area contributed by atoms with Crippen LogP contribution in [0.25, 0.3) is 0 Å². The maximum Gasteiger partial charge on any atom is 0.141 e. The van der Waals surface area contributed by atoms with Crippen molar-refractivity contribution in [3.63, 3.8) is 0 Å². The molecule has 2 aromatic rings. The number of nitrogens with two attached hydrogens (primary N) is 1. The predicted octanol–water partition coefficient (Wildman–Crippen LogP) is 3.21. The van der Waals surface area contributed by atoms with E-state index in [0.29, 0.717) is 18.7 Å². The molecule has 1 fully saturated rings. The largest absolute Gasteiger partial charge is 0.330 e. The molecule has 3 nitrogen and oxygen atoms in total. The summed E-state index contributed by atoms with van der Waals surface area (Å²) in [7, 11) is 0. The first-order valence-corrected chi connectivity index (χ1v) is 9.31. The van der Waals surface area contributed by atoms with E-state index in [1.807, 2.05) is 30.3 Å². The highest BCUT2D eigenvalue weighted by Gasteiger charge is 2.25. The van der Waals surface area contributed by atoms with E-state index in [-0.39, 0.29) is 5.92 Å². The molecule has 0 amide bonds. The minimum absolute atomic E-state index is 0.168. The van der Waals surface area contributed by atoms with Gasteiger partial charge in [-0.2, -0.15) is 0 Å². The van der Waals surface area contributed by atoms with Crippen LogP contribution < -0.4 is 5.73 Å². The van der Waals surface area contributed by atoms with E-state index in [1.54, 1.807) is 0 Å². The van der Waals surface area contributed by atoms with Gasteiger partial charge in [0.1, 0.15) is 5.78 Å². The monoisotopic (exact) mass is 336 g/mol. The van der Waals surface area contributed by atoms with Crippen LogP contribution in [0.4, 0.5) is 0 Å². The predicted molar refractivity (Wildman–Crippen MR) is 102 cm³/mol. The third kappa shape index (κ3) is 5.25.